The first kappa shape index (κ1) is 20.8. The van der Waals surface area contributed by atoms with Crippen molar-refractivity contribution in [3.8, 4) is 0 Å². The Bertz CT molecular complexity index is 1090. The van der Waals surface area contributed by atoms with Gasteiger partial charge in [-0.25, -0.2) is 0 Å². The SMILES string of the molecule is CCC(=O)Nc1ccc(N2C(=S)N[C@H](c3ccccn3)[C@H]2c2ccc(Cl)s2)cc1C. The van der Waals surface area contributed by atoms with E-state index < -0.39 is 0 Å². The number of amides is 1. The van der Waals surface area contributed by atoms with Crippen molar-refractivity contribution < 1.29 is 4.79 Å². The molecule has 2 N–H and O–H groups in total. The minimum absolute atomic E-state index is 0.00877. The van der Waals surface area contributed by atoms with Crippen LogP contribution in [0.25, 0.3) is 0 Å². The Morgan fingerprint density at radius 3 is 2.77 bits per heavy atom. The predicted molar refractivity (Wildman–Crippen MR) is 127 cm³/mol. The van der Waals surface area contributed by atoms with E-state index in [0.717, 1.165) is 31.8 Å². The van der Waals surface area contributed by atoms with E-state index in [1.165, 1.54) is 0 Å². The van der Waals surface area contributed by atoms with E-state index >= 15 is 0 Å². The van der Waals surface area contributed by atoms with Gasteiger partial charge in [0, 0.05) is 28.9 Å². The van der Waals surface area contributed by atoms with Gasteiger partial charge in [0.1, 0.15) is 0 Å². The lowest BCUT2D eigenvalue weighted by molar-refractivity contribution is -0.115. The second-order valence-electron chi connectivity index (χ2n) is 7.04. The van der Waals surface area contributed by atoms with Gasteiger partial charge < -0.3 is 15.5 Å². The van der Waals surface area contributed by atoms with Crippen LogP contribution in [0.3, 0.4) is 0 Å². The van der Waals surface area contributed by atoms with Gasteiger partial charge >= 0.3 is 0 Å². The highest BCUT2D eigenvalue weighted by Gasteiger charge is 2.41. The topological polar surface area (TPSA) is 57.3 Å². The molecule has 0 saturated carbocycles. The maximum absolute atomic E-state index is 11.8. The molecule has 4 rings (SSSR count). The molecule has 30 heavy (non-hydrogen) atoms. The van der Waals surface area contributed by atoms with Crippen LogP contribution in [-0.2, 0) is 4.79 Å². The first-order chi connectivity index (χ1) is 14.5. The lowest BCUT2D eigenvalue weighted by atomic mass is 10.0. The molecule has 1 fully saturated rings. The summed E-state index contributed by atoms with van der Waals surface area (Å²) < 4.78 is 0.733. The number of rotatable bonds is 5. The van der Waals surface area contributed by atoms with Gasteiger partial charge in [-0.2, -0.15) is 0 Å². The molecule has 2 atom stereocenters. The fourth-order valence-corrected chi connectivity index (χ4v) is 5.12. The van der Waals surface area contributed by atoms with Gasteiger partial charge in [-0.05, 0) is 67.2 Å². The molecular weight excluding hydrogens is 436 g/mol. The van der Waals surface area contributed by atoms with Crippen LogP contribution >= 0.6 is 35.2 Å². The number of anilines is 2. The quantitative estimate of drug-likeness (QED) is 0.487. The summed E-state index contributed by atoms with van der Waals surface area (Å²) in [4.78, 5) is 19.6. The smallest absolute Gasteiger partial charge is 0.224 e. The van der Waals surface area contributed by atoms with Crippen molar-refractivity contribution in [3.05, 3.63) is 75.2 Å². The summed E-state index contributed by atoms with van der Waals surface area (Å²) in [6.45, 7) is 3.82. The molecule has 0 aliphatic carbocycles. The van der Waals surface area contributed by atoms with Crippen molar-refractivity contribution in [2.45, 2.75) is 32.4 Å². The van der Waals surface area contributed by atoms with Crippen molar-refractivity contribution in [2.75, 3.05) is 10.2 Å². The molecule has 0 bridgehead atoms. The molecule has 3 aromatic rings. The lowest BCUT2D eigenvalue weighted by Gasteiger charge is -2.27. The Balaban J connectivity index is 1.74. The fourth-order valence-electron chi connectivity index (χ4n) is 3.59. The number of benzene rings is 1. The fraction of sp³-hybridized carbons (Fsp3) is 0.227. The minimum atomic E-state index is -0.104. The number of hydrogen-bond donors (Lipinski definition) is 2. The molecule has 1 aliphatic rings. The molecule has 2 aromatic heterocycles. The maximum atomic E-state index is 11.8. The van der Waals surface area contributed by atoms with Gasteiger partial charge in [-0.3, -0.25) is 9.78 Å². The van der Waals surface area contributed by atoms with E-state index in [1.54, 1.807) is 17.5 Å². The molecule has 1 saturated heterocycles. The Hall–Kier alpha value is -2.48. The molecule has 5 nitrogen and oxygen atoms in total. The summed E-state index contributed by atoms with van der Waals surface area (Å²) in [7, 11) is 0. The molecule has 1 aromatic carbocycles. The number of aromatic nitrogens is 1. The molecule has 0 radical (unpaired) electrons. The highest BCUT2D eigenvalue weighted by molar-refractivity contribution is 7.80. The zero-order valence-electron chi connectivity index (χ0n) is 16.6. The summed E-state index contributed by atoms with van der Waals surface area (Å²) in [6.07, 6.45) is 2.23. The van der Waals surface area contributed by atoms with Gasteiger partial charge in [0.05, 0.1) is 22.1 Å². The summed E-state index contributed by atoms with van der Waals surface area (Å²) in [6, 6.07) is 15.6. The van der Waals surface area contributed by atoms with Crippen LogP contribution < -0.4 is 15.5 Å². The Morgan fingerprint density at radius 2 is 2.13 bits per heavy atom. The molecule has 0 unspecified atom stereocenters. The number of thiophene rings is 1. The van der Waals surface area contributed by atoms with E-state index in [2.05, 4.69) is 20.5 Å². The third-order valence-corrected chi connectivity index (χ3v) is 6.68. The minimum Gasteiger partial charge on any atom is -0.351 e. The van der Waals surface area contributed by atoms with Crippen molar-refractivity contribution in [1.82, 2.24) is 10.3 Å². The summed E-state index contributed by atoms with van der Waals surface area (Å²) >= 11 is 13.5. The van der Waals surface area contributed by atoms with E-state index in [1.807, 2.05) is 62.4 Å². The van der Waals surface area contributed by atoms with Crippen LogP contribution in [0.1, 0.15) is 41.6 Å². The van der Waals surface area contributed by atoms with Crippen LogP contribution in [0.4, 0.5) is 11.4 Å². The van der Waals surface area contributed by atoms with Crippen molar-refractivity contribution >= 4 is 57.5 Å². The molecule has 0 spiro atoms. The van der Waals surface area contributed by atoms with Gasteiger partial charge in [-0.15, -0.1) is 11.3 Å². The number of halogens is 1. The Kier molecular flexibility index (Phi) is 6.04. The average Bonchev–Trinajstić information content (AvgIpc) is 3.32. The molecule has 154 valence electrons. The highest BCUT2D eigenvalue weighted by Crippen LogP contribution is 2.44. The standard InChI is InChI=1S/C22H21ClN4OS2/c1-3-19(28)25-15-8-7-14(12-13(15)2)27-21(17-9-10-18(23)30-17)20(26-22(27)29)16-6-4-5-11-24-16/h4-12,20-21H,3H2,1-2H3,(H,25,28)(H,26,29)/t20-,21-/m1/s1. The summed E-state index contributed by atoms with van der Waals surface area (Å²) in [5, 5.41) is 7.01. The predicted octanol–water partition coefficient (Wildman–Crippen LogP) is 5.63. The number of nitrogens with zero attached hydrogens (tertiary/aromatic N) is 2. The first-order valence-corrected chi connectivity index (χ1v) is 11.2. The van der Waals surface area contributed by atoms with Gasteiger partial charge in [0.25, 0.3) is 0 Å². The Labute approximate surface area is 190 Å². The number of carbonyl (C=O) groups excluding carboxylic acids is 1. The largest absolute Gasteiger partial charge is 0.351 e. The molecular formula is C22H21ClN4OS2. The number of aryl methyl sites for hydroxylation is 1. The molecule has 1 amide bonds. The second-order valence-corrected chi connectivity index (χ2v) is 9.17. The highest BCUT2D eigenvalue weighted by atomic mass is 35.5. The van der Waals surface area contributed by atoms with E-state index in [4.69, 9.17) is 23.8 Å². The van der Waals surface area contributed by atoms with E-state index in [-0.39, 0.29) is 18.0 Å². The number of pyridine rings is 1. The number of thiocarbonyl (C=S) groups is 1. The van der Waals surface area contributed by atoms with Crippen molar-refractivity contribution in [2.24, 2.45) is 0 Å². The number of hydrogen-bond acceptors (Lipinski definition) is 4. The van der Waals surface area contributed by atoms with Crippen LogP contribution in [0, 0.1) is 6.92 Å². The van der Waals surface area contributed by atoms with Crippen LogP contribution in [0.2, 0.25) is 4.34 Å². The normalized spacial score (nSPS) is 18.4. The van der Waals surface area contributed by atoms with Gasteiger partial charge in [0.2, 0.25) is 5.91 Å². The monoisotopic (exact) mass is 456 g/mol. The summed E-state index contributed by atoms with van der Waals surface area (Å²) in [5.74, 6) is -0.00877. The third kappa shape index (κ3) is 4.05. The zero-order valence-corrected chi connectivity index (χ0v) is 18.9. The van der Waals surface area contributed by atoms with Gasteiger partial charge in [-0.1, -0.05) is 24.6 Å². The number of nitrogens with one attached hydrogen (secondary N) is 2. The van der Waals surface area contributed by atoms with Crippen LogP contribution in [0.15, 0.2) is 54.7 Å². The number of carbonyl (C=O) groups is 1. The van der Waals surface area contributed by atoms with E-state index in [9.17, 15) is 4.79 Å². The average molecular weight is 457 g/mol. The second kappa shape index (κ2) is 8.71. The molecule has 8 heteroatoms. The Morgan fingerprint density at radius 1 is 1.30 bits per heavy atom. The third-order valence-electron chi connectivity index (χ3n) is 5.07. The van der Waals surface area contributed by atoms with Crippen LogP contribution in [-0.4, -0.2) is 16.0 Å². The maximum Gasteiger partial charge on any atom is 0.224 e. The van der Waals surface area contributed by atoms with E-state index in [0.29, 0.717) is 11.5 Å². The first-order valence-electron chi connectivity index (χ1n) is 9.64. The zero-order chi connectivity index (χ0) is 21.3. The molecule has 3 heterocycles. The van der Waals surface area contributed by atoms with Crippen LogP contribution in [0.5, 0.6) is 0 Å². The lowest BCUT2D eigenvalue weighted by Crippen LogP contribution is -2.29. The van der Waals surface area contributed by atoms with Crippen molar-refractivity contribution in [1.29, 1.82) is 0 Å². The summed E-state index contributed by atoms with van der Waals surface area (Å²) in [5.41, 5.74) is 3.65. The van der Waals surface area contributed by atoms with Crippen molar-refractivity contribution in [3.63, 3.8) is 0 Å². The molecule has 1 aliphatic heterocycles. The van der Waals surface area contributed by atoms with Gasteiger partial charge in [0.15, 0.2) is 5.11 Å².